The minimum atomic E-state index is -0.299. The highest BCUT2D eigenvalue weighted by Crippen LogP contribution is 2.27. The van der Waals surface area contributed by atoms with Crippen LogP contribution in [-0.4, -0.2) is 20.3 Å². The van der Waals surface area contributed by atoms with Crippen molar-refractivity contribution < 1.29 is 4.79 Å². The number of hydrogen-bond donors (Lipinski definition) is 1. The Morgan fingerprint density at radius 3 is 2.75 bits per heavy atom. The molecule has 0 radical (unpaired) electrons. The van der Waals surface area contributed by atoms with Crippen LogP contribution in [0.3, 0.4) is 0 Å². The van der Waals surface area contributed by atoms with Gasteiger partial charge < -0.3 is 9.88 Å². The van der Waals surface area contributed by atoms with Gasteiger partial charge in [-0.3, -0.25) is 9.59 Å². The van der Waals surface area contributed by atoms with Crippen LogP contribution in [0, 0.1) is 0 Å². The molecule has 6 nitrogen and oxygen atoms in total. The Hall–Kier alpha value is -3.42. The number of thiophene rings is 1. The third kappa shape index (κ3) is 3.92. The Morgan fingerprint density at radius 2 is 1.94 bits per heavy atom. The molecule has 0 atom stereocenters. The van der Waals surface area contributed by atoms with Crippen molar-refractivity contribution in [2.24, 2.45) is 0 Å². The summed E-state index contributed by atoms with van der Waals surface area (Å²) in [6.07, 6.45) is 1.67. The lowest BCUT2D eigenvalue weighted by molar-refractivity contribution is -0.122. The molecule has 0 spiro atoms. The minimum Gasteiger partial charge on any atom is -0.350 e. The molecule has 32 heavy (non-hydrogen) atoms. The molecule has 0 bridgehead atoms. The van der Waals surface area contributed by atoms with Gasteiger partial charge in [-0.1, -0.05) is 48.0 Å². The minimum absolute atomic E-state index is 0.140. The van der Waals surface area contributed by atoms with Crippen LogP contribution in [0.25, 0.3) is 21.8 Å². The second-order valence-electron chi connectivity index (χ2n) is 7.46. The van der Waals surface area contributed by atoms with E-state index in [2.05, 4.69) is 10.4 Å². The summed E-state index contributed by atoms with van der Waals surface area (Å²) in [7, 11) is 0. The highest BCUT2D eigenvalue weighted by molar-refractivity contribution is 7.09. The fourth-order valence-corrected chi connectivity index (χ4v) is 4.74. The monoisotopic (exact) mass is 462 g/mol. The van der Waals surface area contributed by atoms with Crippen LogP contribution in [0.15, 0.2) is 77.0 Å². The molecule has 0 saturated heterocycles. The lowest BCUT2D eigenvalue weighted by Gasteiger charge is -2.09. The predicted molar refractivity (Wildman–Crippen MR) is 128 cm³/mol. The molecule has 0 aliphatic rings. The first-order valence-corrected chi connectivity index (χ1v) is 11.4. The molecule has 0 aliphatic carbocycles. The average molecular weight is 463 g/mol. The molecule has 0 fully saturated rings. The third-order valence-electron chi connectivity index (χ3n) is 5.34. The van der Waals surface area contributed by atoms with Gasteiger partial charge in [0.2, 0.25) is 5.91 Å². The largest absolute Gasteiger partial charge is 0.350 e. The predicted octanol–water partition coefficient (Wildman–Crippen LogP) is 4.43. The quantitative estimate of drug-likeness (QED) is 0.406. The van der Waals surface area contributed by atoms with Gasteiger partial charge in [-0.15, -0.1) is 11.3 Å². The van der Waals surface area contributed by atoms with E-state index in [4.69, 9.17) is 11.6 Å². The van der Waals surface area contributed by atoms with E-state index in [1.165, 1.54) is 4.68 Å². The molecular weight excluding hydrogens is 444 g/mol. The Balaban J connectivity index is 1.54. The zero-order valence-electron chi connectivity index (χ0n) is 17.0. The van der Waals surface area contributed by atoms with Crippen LogP contribution in [0.1, 0.15) is 10.4 Å². The number of rotatable bonds is 6. The summed E-state index contributed by atoms with van der Waals surface area (Å²) >= 11 is 7.74. The number of carbonyl (C=O) groups is 1. The molecular formula is C24H19ClN4O2S. The summed E-state index contributed by atoms with van der Waals surface area (Å²) in [4.78, 5) is 26.9. The van der Waals surface area contributed by atoms with Gasteiger partial charge in [-0.25, -0.2) is 4.68 Å². The highest BCUT2D eigenvalue weighted by Gasteiger charge is 2.17. The van der Waals surface area contributed by atoms with E-state index in [0.717, 1.165) is 26.7 Å². The topological polar surface area (TPSA) is 68.9 Å². The first kappa shape index (κ1) is 20.5. The number of benzene rings is 2. The molecule has 0 saturated carbocycles. The van der Waals surface area contributed by atoms with E-state index in [1.807, 2.05) is 70.6 Å². The lowest BCUT2D eigenvalue weighted by Crippen LogP contribution is -2.33. The first-order valence-electron chi connectivity index (χ1n) is 10.1. The number of aromatic nitrogens is 3. The lowest BCUT2D eigenvalue weighted by atomic mass is 10.2. The van der Waals surface area contributed by atoms with E-state index in [1.54, 1.807) is 17.5 Å². The maximum Gasteiger partial charge on any atom is 0.291 e. The maximum atomic E-state index is 13.4. The summed E-state index contributed by atoms with van der Waals surface area (Å²) in [6.45, 7) is 0.774. The van der Waals surface area contributed by atoms with Gasteiger partial charge in [0.15, 0.2) is 0 Å². The van der Waals surface area contributed by atoms with Crippen LogP contribution in [0.4, 0.5) is 0 Å². The van der Waals surface area contributed by atoms with Crippen LogP contribution < -0.4 is 10.9 Å². The van der Waals surface area contributed by atoms with E-state index in [-0.39, 0.29) is 18.0 Å². The van der Waals surface area contributed by atoms with E-state index in [0.29, 0.717) is 23.6 Å². The number of para-hydroxylation sites is 1. The molecule has 8 heteroatoms. The zero-order valence-corrected chi connectivity index (χ0v) is 18.6. The van der Waals surface area contributed by atoms with Crippen LogP contribution in [-0.2, 0) is 24.4 Å². The molecule has 1 amide bonds. The number of halogens is 1. The highest BCUT2D eigenvalue weighted by atomic mass is 35.5. The van der Waals surface area contributed by atoms with Crippen LogP contribution >= 0.6 is 22.9 Å². The van der Waals surface area contributed by atoms with Crippen molar-refractivity contribution in [1.29, 1.82) is 0 Å². The molecule has 3 heterocycles. The van der Waals surface area contributed by atoms with E-state index >= 15 is 0 Å². The van der Waals surface area contributed by atoms with Gasteiger partial charge in [-0.05, 0) is 35.2 Å². The molecule has 1 N–H and O–H groups in total. The van der Waals surface area contributed by atoms with Crippen molar-refractivity contribution in [3.8, 4) is 0 Å². The third-order valence-corrected chi connectivity index (χ3v) is 6.45. The van der Waals surface area contributed by atoms with Crippen molar-refractivity contribution in [1.82, 2.24) is 19.7 Å². The van der Waals surface area contributed by atoms with Gasteiger partial charge >= 0.3 is 0 Å². The second-order valence-corrected chi connectivity index (χ2v) is 8.93. The first-order chi connectivity index (χ1) is 15.6. The standard InChI is InChI=1S/C24H19ClN4O2S/c25-17-6-3-5-16(11-17)14-28-21-9-2-1-8-19(21)20-13-27-29(24(31)23(20)28)15-22(30)26-12-18-7-4-10-32-18/h1-11,13H,12,14-15H2,(H,26,30). The molecule has 160 valence electrons. The van der Waals surface area contributed by atoms with Crippen molar-refractivity contribution in [3.63, 3.8) is 0 Å². The smallest absolute Gasteiger partial charge is 0.291 e. The Labute approximate surface area is 192 Å². The average Bonchev–Trinajstić information content (AvgIpc) is 3.42. The zero-order chi connectivity index (χ0) is 22.1. The van der Waals surface area contributed by atoms with E-state index < -0.39 is 0 Å². The summed E-state index contributed by atoms with van der Waals surface area (Å²) in [6, 6.07) is 19.3. The molecule has 2 aromatic carbocycles. The van der Waals surface area contributed by atoms with Crippen molar-refractivity contribution in [2.45, 2.75) is 19.6 Å². The normalized spacial score (nSPS) is 11.3. The van der Waals surface area contributed by atoms with Gasteiger partial charge in [0.1, 0.15) is 12.1 Å². The van der Waals surface area contributed by atoms with Crippen molar-refractivity contribution >= 4 is 50.7 Å². The van der Waals surface area contributed by atoms with Gasteiger partial charge in [-0.2, -0.15) is 5.10 Å². The summed E-state index contributed by atoms with van der Waals surface area (Å²) in [5.74, 6) is -0.259. The fourth-order valence-electron chi connectivity index (χ4n) is 3.88. The van der Waals surface area contributed by atoms with Crippen molar-refractivity contribution in [3.05, 3.63) is 98.1 Å². The Bertz CT molecular complexity index is 1490. The number of hydrogen-bond acceptors (Lipinski definition) is 4. The molecule has 0 aliphatic heterocycles. The SMILES string of the molecule is O=C(Cn1ncc2c3ccccc3n(Cc3cccc(Cl)c3)c2c1=O)NCc1cccs1. The fraction of sp³-hybridized carbons (Fsp3) is 0.125. The molecule has 3 aromatic heterocycles. The summed E-state index contributed by atoms with van der Waals surface area (Å²) in [5.41, 5.74) is 2.14. The van der Waals surface area contributed by atoms with Crippen LogP contribution in [0.2, 0.25) is 5.02 Å². The molecule has 5 aromatic rings. The Kier molecular flexibility index (Phi) is 5.51. The number of amides is 1. The number of nitrogens with one attached hydrogen (secondary N) is 1. The second kappa shape index (κ2) is 8.61. The molecule has 5 rings (SSSR count). The summed E-state index contributed by atoms with van der Waals surface area (Å²) in [5, 5.41) is 11.4. The van der Waals surface area contributed by atoms with Gasteiger partial charge in [0, 0.05) is 32.7 Å². The number of nitrogens with zero attached hydrogens (tertiary/aromatic N) is 3. The van der Waals surface area contributed by atoms with Crippen LogP contribution in [0.5, 0.6) is 0 Å². The number of carbonyl (C=O) groups excluding carboxylic acids is 1. The van der Waals surface area contributed by atoms with Crippen molar-refractivity contribution in [2.75, 3.05) is 0 Å². The molecule has 0 unspecified atom stereocenters. The Morgan fingerprint density at radius 1 is 1.06 bits per heavy atom. The van der Waals surface area contributed by atoms with Gasteiger partial charge in [0.05, 0.1) is 12.7 Å². The maximum absolute atomic E-state index is 13.4. The number of fused-ring (bicyclic) bond motifs is 3. The van der Waals surface area contributed by atoms with E-state index in [9.17, 15) is 9.59 Å². The summed E-state index contributed by atoms with van der Waals surface area (Å²) < 4.78 is 3.19. The van der Waals surface area contributed by atoms with Gasteiger partial charge in [0.25, 0.3) is 5.56 Å².